The molecule has 0 spiro atoms. The fourth-order valence-corrected chi connectivity index (χ4v) is 7.30. The summed E-state index contributed by atoms with van der Waals surface area (Å²) in [5.41, 5.74) is 8.82. The van der Waals surface area contributed by atoms with Crippen molar-refractivity contribution in [1.29, 1.82) is 0 Å². The molecule has 0 radical (unpaired) electrons. The Balaban J connectivity index is 1.84. The maximum Gasteiger partial charge on any atom is 0.0482 e. The van der Waals surface area contributed by atoms with Gasteiger partial charge in [0.2, 0.25) is 0 Å². The first-order chi connectivity index (χ1) is 13.6. The van der Waals surface area contributed by atoms with Crippen LogP contribution in [0.5, 0.6) is 0 Å². The summed E-state index contributed by atoms with van der Waals surface area (Å²) in [5.74, 6) is 1.48. The molecule has 3 aliphatic rings. The van der Waals surface area contributed by atoms with E-state index in [2.05, 4.69) is 44.2 Å². The van der Waals surface area contributed by atoms with Gasteiger partial charge in [0.05, 0.1) is 0 Å². The van der Waals surface area contributed by atoms with E-state index in [1.54, 1.807) is 5.56 Å². The minimum Gasteiger partial charge on any atom is -0.0837 e. The quantitative estimate of drug-likeness (QED) is 0.481. The third-order valence-corrected chi connectivity index (χ3v) is 8.64. The van der Waals surface area contributed by atoms with E-state index >= 15 is 0 Å². The van der Waals surface area contributed by atoms with E-state index < -0.39 is 0 Å². The summed E-state index contributed by atoms with van der Waals surface area (Å²) in [6, 6.07) is 11.8. The third-order valence-electron chi connectivity index (χ3n) is 8.16. The van der Waals surface area contributed by atoms with Crippen LogP contribution in [0.3, 0.4) is 0 Å². The molecule has 2 aromatic carbocycles. The highest BCUT2D eigenvalue weighted by molar-refractivity contribution is 6.33. The Kier molecular flexibility index (Phi) is 4.82. The summed E-state index contributed by atoms with van der Waals surface area (Å²) in [5, 5.41) is 1.06. The fourth-order valence-electron chi connectivity index (χ4n) is 6.98. The monoisotopic (exact) mass is 392 g/mol. The van der Waals surface area contributed by atoms with Gasteiger partial charge in [-0.05, 0) is 79.2 Å². The molecule has 0 bridgehead atoms. The third kappa shape index (κ3) is 2.63. The van der Waals surface area contributed by atoms with Gasteiger partial charge in [-0.1, -0.05) is 86.0 Å². The molecule has 148 valence electrons. The number of rotatable bonds is 2. The van der Waals surface area contributed by atoms with E-state index in [1.165, 1.54) is 92.0 Å². The maximum atomic E-state index is 7.19. The van der Waals surface area contributed by atoms with Crippen LogP contribution >= 0.6 is 11.6 Å². The lowest BCUT2D eigenvalue weighted by molar-refractivity contribution is 0.137. The average Bonchev–Trinajstić information content (AvgIpc) is 3.03. The first kappa shape index (κ1) is 18.7. The largest absolute Gasteiger partial charge is 0.0837 e. The molecule has 0 unspecified atom stereocenters. The van der Waals surface area contributed by atoms with Crippen LogP contribution in [0.1, 0.15) is 86.5 Å². The molecule has 0 N–H and O–H groups in total. The van der Waals surface area contributed by atoms with Crippen molar-refractivity contribution < 1.29 is 0 Å². The Labute approximate surface area is 175 Å². The number of halogens is 1. The molecule has 0 aliphatic heterocycles. The normalized spacial score (nSPS) is 22.1. The van der Waals surface area contributed by atoms with Crippen molar-refractivity contribution in [1.82, 2.24) is 0 Å². The van der Waals surface area contributed by atoms with Crippen molar-refractivity contribution >= 4 is 11.6 Å². The van der Waals surface area contributed by atoms with Gasteiger partial charge in [-0.2, -0.15) is 0 Å². The van der Waals surface area contributed by atoms with Gasteiger partial charge >= 0.3 is 0 Å². The maximum absolute atomic E-state index is 7.19. The zero-order chi connectivity index (χ0) is 19.3. The van der Waals surface area contributed by atoms with Crippen molar-refractivity contribution in [2.45, 2.75) is 83.5 Å². The first-order valence-corrected chi connectivity index (χ1v) is 11.9. The van der Waals surface area contributed by atoms with Gasteiger partial charge in [-0.25, -0.2) is 0 Å². The van der Waals surface area contributed by atoms with Gasteiger partial charge in [-0.15, -0.1) is 0 Å². The summed E-state index contributed by atoms with van der Waals surface area (Å²) in [7, 11) is 0. The highest BCUT2D eigenvalue weighted by Gasteiger charge is 2.54. The predicted molar refractivity (Wildman–Crippen MR) is 120 cm³/mol. The van der Waals surface area contributed by atoms with Crippen molar-refractivity contribution in [3.8, 4) is 11.1 Å². The lowest BCUT2D eigenvalue weighted by Gasteiger charge is -2.49. The number of hydrogen-bond donors (Lipinski definition) is 0. The lowest BCUT2D eigenvalue weighted by atomic mass is 9.54. The highest BCUT2D eigenvalue weighted by Crippen LogP contribution is 2.63. The van der Waals surface area contributed by atoms with Crippen LogP contribution in [-0.4, -0.2) is 0 Å². The Hall–Kier alpha value is -1.27. The van der Waals surface area contributed by atoms with Gasteiger partial charge in [0.25, 0.3) is 0 Å². The van der Waals surface area contributed by atoms with Gasteiger partial charge in [0.1, 0.15) is 0 Å². The van der Waals surface area contributed by atoms with E-state index in [0.29, 0.717) is 0 Å². The summed E-state index contributed by atoms with van der Waals surface area (Å²) in [6.45, 7) is 4.46. The zero-order valence-electron chi connectivity index (χ0n) is 17.5. The molecular weight excluding hydrogens is 360 g/mol. The molecule has 0 atom stereocenters. The van der Waals surface area contributed by atoms with Crippen LogP contribution in [0.15, 0.2) is 30.3 Å². The molecule has 28 heavy (non-hydrogen) atoms. The molecule has 0 amide bonds. The molecule has 3 aliphatic carbocycles. The topological polar surface area (TPSA) is 0 Å². The standard InChI is InChI=1S/C27H33Cl/c1-18-13-15-22-23-16-14-19(2)26(28)25(23)27(24(22)17-18,20-9-5-3-6-10-20)21-11-7-4-8-12-21/h13-17,20-21H,3-12H2,1-2H3. The predicted octanol–water partition coefficient (Wildman–Crippen LogP) is 8.38. The minimum absolute atomic E-state index is 0.140. The van der Waals surface area contributed by atoms with Crippen LogP contribution in [0.4, 0.5) is 0 Å². The highest BCUT2D eigenvalue weighted by atomic mass is 35.5. The zero-order valence-corrected chi connectivity index (χ0v) is 18.2. The van der Waals surface area contributed by atoms with Crippen LogP contribution < -0.4 is 0 Å². The van der Waals surface area contributed by atoms with Crippen molar-refractivity contribution in [2.24, 2.45) is 11.8 Å². The second-order valence-corrected chi connectivity index (χ2v) is 10.1. The molecule has 0 aromatic heterocycles. The molecule has 2 saturated carbocycles. The van der Waals surface area contributed by atoms with Gasteiger partial charge in [-0.3, -0.25) is 0 Å². The van der Waals surface area contributed by atoms with Crippen molar-refractivity contribution in [3.05, 3.63) is 57.6 Å². The van der Waals surface area contributed by atoms with Crippen LogP contribution in [0.2, 0.25) is 5.02 Å². The van der Waals surface area contributed by atoms with Crippen molar-refractivity contribution in [2.75, 3.05) is 0 Å². The molecule has 0 heterocycles. The molecule has 0 saturated heterocycles. The SMILES string of the molecule is Cc1ccc2c(c1)C(C1CCCCC1)(C1CCCCC1)c1c-2ccc(C)c1Cl. The number of fused-ring (bicyclic) bond motifs is 3. The summed E-state index contributed by atoms with van der Waals surface area (Å²) in [6.07, 6.45) is 13.8. The van der Waals surface area contributed by atoms with Crippen LogP contribution in [0.25, 0.3) is 11.1 Å². The van der Waals surface area contributed by atoms with E-state index in [4.69, 9.17) is 11.6 Å². The van der Waals surface area contributed by atoms with Gasteiger partial charge in [0.15, 0.2) is 0 Å². The average molecular weight is 393 g/mol. The number of aryl methyl sites for hydroxylation is 2. The Bertz CT molecular complexity index is 863. The lowest BCUT2D eigenvalue weighted by Crippen LogP contribution is -2.44. The molecule has 0 nitrogen and oxygen atoms in total. The van der Waals surface area contributed by atoms with Crippen molar-refractivity contribution in [3.63, 3.8) is 0 Å². The van der Waals surface area contributed by atoms with Gasteiger partial charge < -0.3 is 0 Å². The van der Waals surface area contributed by atoms with Crippen LogP contribution in [0, 0.1) is 25.7 Å². The van der Waals surface area contributed by atoms with E-state index in [9.17, 15) is 0 Å². The smallest absolute Gasteiger partial charge is 0.0482 e. The molecular formula is C27H33Cl. The van der Waals surface area contributed by atoms with E-state index in [1.807, 2.05) is 0 Å². The summed E-state index contributed by atoms with van der Waals surface area (Å²) >= 11 is 7.19. The van der Waals surface area contributed by atoms with E-state index in [0.717, 1.165) is 16.9 Å². The summed E-state index contributed by atoms with van der Waals surface area (Å²) in [4.78, 5) is 0. The van der Waals surface area contributed by atoms with Gasteiger partial charge in [0, 0.05) is 10.4 Å². The second-order valence-electron chi connectivity index (χ2n) is 9.71. The fraction of sp³-hybridized carbons (Fsp3) is 0.556. The molecule has 2 aromatic rings. The van der Waals surface area contributed by atoms with E-state index in [-0.39, 0.29) is 5.41 Å². The Morgan fingerprint density at radius 3 is 1.93 bits per heavy atom. The summed E-state index contributed by atoms with van der Waals surface area (Å²) < 4.78 is 0. The second kappa shape index (κ2) is 7.21. The Morgan fingerprint density at radius 2 is 1.32 bits per heavy atom. The first-order valence-electron chi connectivity index (χ1n) is 11.5. The molecule has 2 fully saturated rings. The van der Waals surface area contributed by atoms with Crippen LogP contribution in [-0.2, 0) is 5.41 Å². The molecule has 5 rings (SSSR count). The minimum atomic E-state index is 0.140. The number of hydrogen-bond acceptors (Lipinski definition) is 0. The molecule has 1 heteroatoms. The Morgan fingerprint density at radius 1 is 0.750 bits per heavy atom. The number of benzene rings is 2.